The maximum atomic E-state index is 13.8. The number of halogens is 1. The number of urea groups is 1. The Morgan fingerprint density at radius 2 is 1.65 bits per heavy atom. The van der Waals surface area contributed by atoms with Crippen LogP contribution in [0.4, 0.5) is 16.2 Å². The monoisotopic (exact) mass is 478 g/mol. The normalized spacial score (nSPS) is 11.4. The van der Waals surface area contributed by atoms with Gasteiger partial charge in [0.15, 0.2) is 0 Å². The van der Waals surface area contributed by atoms with E-state index in [4.69, 9.17) is 11.6 Å². The van der Waals surface area contributed by atoms with Crippen molar-refractivity contribution in [2.75, 3.05) is 30.9 Å². The minimum absolute atomic E-state index is 0.159. The lowest BCUT2D eigenvalue weighted by Gasteiger charge is -2.32. The van der Waals surface area contributed by atoms with Crippen molar-refractivity contribution in [2.45, 2.75) is 26.4 Å². The molecular formula is C27H31ClN4O2. The van der Waals surface area contributed by atoms with Crippen molar-refractivity contribution in [2.24, 2.45) is 0 Å². The van der Waals surface area contributed by atoms with Crippen LogP contribution in [0.25, 0.3) is 0 Å². The van der Waals surface area contributed by atoms with Gasteiger partial charge in [0.1, 0.15) is 0 Å². The fourth-order valence-electron chi connectivity index (χ4n) is 3.83. The number of hydrogen-bond donors (Lipinski definition) is 2. The van der Waals surface area contributed by atoms with E-state index in [0.29, 0.717) is 29.4 Å². The van der Waals surface area contributed by atoms with Crippen LogP contribution >= 0.6 is 11.6 Å². The highest BCUT2D eigenvalue weighted by Crippen LogP contribution is 2.31. The van der Waals surface area contributed by atoms with Gasteiger partial charge in [-0.05, 0) is 55.3 Å². The predicted molar refractivity (Wildman–Crippen MR) is 140 cm³/mol. The van der Waals surface area contributed by atoms with E-state index in [1.54, 1.807) is 12.1 Å². The quantitative estimate of drug-likeness (QED) is 0.420. The minimum Gasteiger partial charge on any atom is -0.377 e. The van der Waals surface area contributed by atoms with Gasteiger partial charge in [0, 0.05) is 38.6 Å². The Balaban J connectivity index is 2.03. The summed E-state index contributed by atoms with van der Waals surface area (Å²) in [7, 11) is 3.91. The molecule has 0 bridgehead atoms. The van der Waals surface area contributed by atoms with Crippen LogP contribution in [0.15, 0.2) is 72.8 Å². The molecule has 0 aromatic heterocycles. The Morgan fingerprint density at radius 1 is 0.971 bits per heavy atom. The van der Waals surface area contributed by atoms with E-state index in [1.807, 2.05) is 98.4 Å². The summed E-state index contributed by atoms with van der Waals surface area (Å²) in [6, 6.07) is 22.2. The molecular weight excluding hydrogens is 448 g/mol. The number of benzene rings is 3. The van der Waals surface area contributed by atoms with Crippen LogP contribution in [0.2, 0.25) is 5.02 Å². The van der Waals surface area contributed by atoms with Crippen LogP contribution in [0, 0.1) is 0 Å². The molecule has 0 radical (unpaired) electrons. The van der Waals surface area contributed by atoms with Crippen molar-refractivity contribution >= 4 is 34.9 Å². The van der Waals surface area contributed by atoms with Gasteiger partial charge in [-0.2, -0.15) is 0 Å². The number of amides is 3. The highest BCUT2D eigenvalue weighted by Gasteiger charge is 2.26. The Bertz CT molecular complexity index is 1130. The lowest BCUT2D eigenvalue weighted by Crippen LogP contribution is -2.34. The van der Waals surface area contributed by atoms with Gasteiger partial charge < -0.3 is 20.4 Å². The number of nitrogens with one attached hydrogen (secondary N) is 2. The van der Waals surface area contributed by atoms with Crippen LogP contribution in [-0.4, -0.2) is 37.5 Å². The number of hydrogen-bond acceptors (Lipinski definition) is 3. The van der Waals surface area contributed by atoms with Crippen molar-refractivity contribution in [3.63, 3.8) is 0 Å². The Hall–Kier alpha value is -3.51. The summed E-state index contributed by atoms with van der Waals surface area (Å²) in [6.45, 7) is 4.74. The Labute approximate surface area is 206 Å². The molecule has 0 fully saturated rings. The topological polar surface area (TPSA) is 64.7 Å². The van der Waals surface area contributed by atoms with Gasteiger partial charge in [0.25, 0.3) is 5.91 Å². The summed E-state index contributed by atoms with van der Waals surface area (Å²) in [5.41, 5.74) is 3.99. The zero-order valence-corrected chi connectivity index (χ0v) is 20.8. The molecule has 6 nitrogen and oxygen atoms in total. The van der Waals surface area contributed by atoms with Gasteiger partial charge in [0.05, 0.1) is 16.6 Å². The zero-order valence-electron chi connectivity index (χ0n) is 20.0. The molecule has 178 valence electrons. The summed E-state index contributed by atoms with van der Waals surface area (Å²) < 4.78 is 0. The van der Waals surface area contributed by atoms with Crippen LogP contribution in [-0.2, 0) is 6.54 Å². The molecule has 0 aliphatic rings. The largest absolute Gasteiger partial charge is 0.377 e. The molecule has 3 aromatic rings. The van der Waals surface area contributed by atoms with E-state index >= 15 is 0 Å². The molecule has 0 heterocycles. The van der Waals surface area contributed by atoms with Crippen molar-refractivity contribution in [3.05, 3.63) is 94.5 Å². The van der Waals surface area contributed by atoms with Gasteiger partial charge in [-0.1, -0.05) is 54.1 Å². The van der Waals surface area contributed by atoms with Crippen molar-refractivity contribution in [1.82, 2.24) is 10.2 Å². The molecule has 2 N–H and O–H groups in total. The first kappa shape index (κ1) is 25.1. The second-order valence-electron chi connectivity index (χ2n) is 8.22. The molecule has 0 aliphatic carbocycles. The second kappa shape index (κ2) is 11.6. The average Bonchev–Trinajstić information content (AvgIpc) is 2.82. The van der Waals surface area contributed by atoms with Crippen molar-refractivity contribution in [3.8, 4) is 0 Å². The molecule has 3 aromatic carbocycles. The van der Waals surface area contributed by atoms with Crippen LogP contribution in [0.5, 0.6) is 0 Å². The van der Waals surface area contributed by atoms with E-state index in [2.05, 4.69) is 10.6 Å². The summed E-state index contributed by atoms with van der Waals surface area (Å²) in [4.78, 5) is 29.6. The lowest BCUT2D eigenvalue weighted by molar-refractivity contribution is 0.0674. The number of nitrogens with zero attached hydrogens (tertiary/aromatic N) is 2. The van der Waals surface area contributed by atoms with Gasteiger partial charge in [-0.15, -0.1) is 0 Å². The Kier molecular flexibility index (Phi) is 8.55. The molecule has 3 rings (SSSR count). The standard InChI is InChI=1S/C27H31ClN4O2/c1-5-29-27(34)30-22-15-16-25(31(3)4)21(17-22)18-32(19(2)20-11-7-6-8-12-20)26(33)23-13-9-10-14-24(23)28/h6-17,19H,5,18H2,1-4H3,(H2,29,30,34)/t19-/m1/s1. The van der Waals surface area contributed by atoms with Crippen molar-refractivity contribution in [1.29, 1.82) is 0 Å². The first-order valence-electron chi connectivity index (χ1n) is 11.3. The summed E-state index contributed by atoms with van der Waals surface area (Å²) >= 11 is 6.40. The van der Waals surface area contributed by atoms with E-state index < -0.39 is 0 Å². The van der Waals surface area contributed by atoms with E-state index in [0.717, 1.165) is 16.8 Å². The third kappa shape index (κ3) is 6.08. The molecule has 7 heteroatoms. The molecule has 34 heavy (non-hydrogen) atoms. The molecule has 0 spiro atoms. The van der Waals surface area contributed by atoms with Crippen LogP contribution in [0.3, 0.4) is 0 Å². The first-order chi connectivity index (χ1) is 16.3. The van der Waals surface area contributed by atoms with Gasteiger partial charge in [0.2, 0.25) is 0 Å². The maximum Gasteiger partial charge on any atom is 0.319 e. The predicted octanol–water partition coefficient (Wildman–Crippen LogP) is 5.95. The summed E-state index contributed by atoms with van der Waals surface area (Å²) in [5, 5.41) is 6.01. The number of carbonyl (C=O) groups excluding carboxylic acids is 2. The third-order valence-electron chi connectivity index (χ3n) is 5.61. The summed E-state index contributed by atoms with van der Waals surface area (Å²) in [5.74, 6) is -0.159. The zero-order chi connectivity index (χ0) is 24.7. The highest BCUT2D eigenvalue weighted by atomic mass is 35.5. The van der Waals surface area contributed by atoms with E-state index in [1.165, 1.54) is 0 Å². The second-order valence-corrected chi connectivity index (χ2v) is 8.63. The smallest absolute Gasteiger partial charge is 0.319 e. The average molecular weight is 479 g/mol. The van der Waals surface area contributed by atoms with Gasteiger partial charge in [-0.25, -0.2) is 4.79 Å². The van der Waals surface area contributed by atoms with Gasteiger partial charge in [-0.3, -0.25) is 4.79 Å². The van der Waals surface area contributed by atoms with Crippen LogP contribution < -0.4 is 15.5 Å². The molecule has 0 saturated heterocycles. The first-order valence-corrected chi connectivity index (χ1v) is 11.6. The summed E-state index contributed by atoms with van der Waals surface area (Å²) in [6.07, 6.45) is 0. The van der Waals surface area contributed by atoms with E-state index in [-0.39, 0.29) is 18.0 Å². The minimum atomic E-state index is -0.271. The molecule has 3 amide bonds. The van der Waals surface area contributed by atoms with Crippen LogP contribution in [0.1, 0.15) is 41.4 Å². The maximum absolute atomic E-state index is 13.8. The number of carbonyl (C=O) groups is 2. The molecule has 0 aliphatic heterocycles. The Morgan fingerprint density at radius 3 is 2.29 bits per heavy atom. The highest BCUT2D eigenvalue weighted by molar-refractivity contribution is 6.33. The number of rotatable bonds is 8. The van der Waals surface area contributed by atoms with Gasteiger partial charge >= 0.3 is 6.03 Å². The SMILES string of the molecule is CCNC(=O)Nc1ccc(N(C)C)c(CN(C(=O)c2ccccc2Cl)[C@H](C)c2ccccc2)c1. The fraction of sp³-hybridized carbons (Fsp3) is 0.259. The number of anilines is 2. The third-order valence-corrected chi connectivity index (χ3v) is 5.94. The van der Waals surface area contributed by atoms with E-state index in [9.17, 15) is 9.59 Å². The molecule has 0 saturated carbocycles. The molecule has 0 unspecified atom stereocenters. The lowest BCUT2D eigenvalue weighted by atomic mass is 10.0. The van der Waals surface area contributed by atoms with Crippen molar-refractivity contribution < 1.29 is 9.59 Å². The fourth-order valence-corrected chi connectivity index (χ4v) is 4.05. The molecule has 1 atom stereocenters.